The van der Waals surface area contributed by atoms with Gasteiger partial charge in [-0.1, -0.05) is 0 Å². The molecule has 8 heteroatoms. The van der Waals surface area contributed by atoms with Gasteiger partial charge in [-0.2, -0.15) is 0 Å². The van der Waals surface area contributed by atoms with Gasteiger partial charge >= 0.3 is 13.7 Å². The van der Waals surface area contributed by atoms with Crippen LogP contribution in [0.25, 0.3) is 0 Å². The Labute approximate surface area is 119 Å². The van der Waals surface area contributed by atoms with Gasteiger partial charge in [-0.15, -0.1) is 0 Å². The van der Waals surface area contributed by atoms with Crippen molar-refractivity contribution in [3.05, 3.63) is 0 Å². The van der Waals surface area contributed by atoms with E-state index in [-0.39, 0.29) is 0 Å². The van der Waals surface area contributed by atoms with Crippen LogP contribution in [-0.2, 0) is 18.3 Å². The maximum Gasteiger partial charge on any atom is 0.410 e. The Morgan fingerprint density at radius 2 is 1.90 bits per heavy atom. The highest BCUT2D eigenvalue weighted by atomic mass is 31.2. The quantitative estimate of drug-likeness (QED) is 0.801. The Hall–Kier alpha value is -0.620. The van der Waals surface area contributed by atoms with Gasteiger partial charge in [0.15, 0.2) is 5.85 Å². The van der Waals surface area contributed by atoms with Gasteiger partial charge in [-0.25, -0.2) is 4.79 Å². The van der Waals surface area contributed by atoms with Crippen molar-refractivity contribution in [2.24, 2.45) is 0 Å². The third-order valence-electron chi connectivity index (χ3n) is 3.10. The Morgan fingerprint density at radius 3 is 2.35 bits per heavy atom. The summed E-state index contributed by atoms with van der Waals surface area (Å²) < 4.78 is 27.1. The first kappa shape index (κ1) is 17.4. The topological polar surface area (TPSA) is 85.3 Å². The molecule has 0 saturated carbocycles. The molecule has 1 fully saturated rings. The second kappa shape index (κ2) is 6.43. The molecule has 0 aromatic rings. The number of aliphatic hydroxyl groups is 1. The number of amides is 1. The first-order chi connectivity index (χ1) is 9.14. The molecule has 0 bridgehead atoms. The molecule has 7 nitrogen and oxygen atoms in total. The predicted octanol–water partition coefficient (Wildman–Crippen LogP) is 2.19. The van der Waals surface area contributed by atoms with E-state index in [2.05, 4.69) is 0 Å². The molecule has 1 aliphatic heterocycles. The van der Waals surface area contributed by atoms with Crippen LogP contribution in [0.5, 0.6) is 0 Å². The Morgan fingerprint density at radius 1 is 1.35 bits per heavy atom. The highest BCUT2D eigenvalue weighted by molar-refractivity contribution is 7.54. The standard InChI is InChI=1S/C12H24NO6P/c1-12(2,3)19-11(15)13-8-6-7-9(13)10(14)20(16,17-4)18-5/h9-10,14H,6-8H2,1-5H3/t9-,10-/m0/s1. The number of aliphatic hydroxyl groups excluding tert-OH is 1. The van der Waals surface area contributed by atoms with E-state index < -0.39 is 31.2 Å². The van der Waals surface area contributed by atoms with E-state index >= 15 is 0 Å². The van der Waals surface area contributed by atoms with Crippen molar-refractivity contribution in [1.82, 2.24) is 4.90 Å². The molecule has 1 saturated heterocycles. The minimum absolute atomic E-state index is 0.448. The van der Waals surface area contributed by atoms with Gasteiger partial charge in [0.2, 0.25) is 0 Å². The molecule has 118 valence electrons. The lowest BCUT2D eigenvalue weighted by Gasteiger charge is -2.32. The van der Waals surface area contributed by atoms with Crippen LogP contribution in [0, 0.1) is 0 Å². The lowest BCUT2D eigenvalue weighted by molar-refractivity contribution is 0.0117. The second-order valence-corrected chi connectivity index (χ2v) is 8.04. The van der Waals surface area contributed by atoms with E-state index in [1.807, 2.05) is 0 Å². The summed E-state index contributed by atoms with van der Waals surface area (Å²) in [6.07, 6.45) is 0.698. The molecule has 0 aromatic carbocycles. The van der Waals surface area contributed by atoms with Gasteiger partial charge in [0, 0.05) is 20.8 Å². The summed E-state index contributed by atoms with van der Waals surface area (Å²) in [5.74, 6) is -1.38. The molecular weight excluding hydrogens is 285 g/mol. The summed E-state index contributed by atoms with van der Waals surface area (Å²) in [6.45, 7) is 5.74. The minimum Gasteiger partial charge on any atom is -0.444 e. The van der Waals surface area contributed by atoms with Crippen LogP contribution in [0.3, 0.4) is 0 Å². The monoisotopic (exact) mass is 309 g/mol. The van der Waals surface area contributed by atoms with Crippen molar-refractivity contribution in [2.75, 3.05) is 20.8 Å². The van der Waals surface area contributed by atoms with Crippen molar-refractivity contribution >= 4 is 13.7 Å². The van der Waals surface area contributed by atoms with Crippen LogP contribution < -0.4 is 0 Å². The summed E-state index contributed by atoms with van der Waals surface area (Å²) in [4.78, 5) is 13.5. The molecule has 1 N–H and O–H groups in total. The van der Waals surface area contributed by atoms with Crippen molar-refractivity contribution in [3.8, 4) is 0 Å². The van der Waals surface area contributed by atoms with E-state index in [4.69, 9.17) is 13.8 Å². The lowest BCUT2D eigenvalue weighted by atomic mass is 10.2. The molecule has 1 heterocycles. The zero-order chi connectivity index (χ0) is 15.6. The smallest absolute Gasteiger partial charge is 0.410 e. The highest BCUT2D eigenvalue weighted by Crippen LogP contribution is 2.53. The number of hydrogen-bond acceptors (Lipinski definition) is 6. The van der Waals surface area contributed by atoms with Crippen molar-refractivity contribution in [1.29, 1.82) is 0 Å². The van der Waals surface area contributed by atoms with Crippen LogP contribution in [0.2, 0.25) is 0 Å². The Bertz CT molecular complexity index is 386. The number of carbonyl (C=O) groups excluding carboxylic acids is 1. The van der Waals surface area contributed by atoms with Crippen LogP contribution in [0.1, 0.15) is 33.6 Å². The largest absolute Gasteiger partial charge is 0.444 e. The van der Waals surface area contributed by atoms with Gasteiger partial charge < -0.3 is 23.8 Å². The van der Waals surface area contributed by atoms with Crippen molar-refractivity contribution < 1.29 is 28.3 Å². The number of nitrogens with zero attached hydrogens (tertiary/aromatic N) is 1. The SMILES string of the molecule is COP(=O)(OC)[C@H](O)[C@@H]1CCCN1C(=O)OC(C)(C)C. The summed E-state index contributed by atoms with van der Waals surface area (Å²) in [5, 5.41) is 10.2. The fraction of sp³-hybridized carbons (Fsp3) is 0.917. The summed E-state index contributed by atoms with van der Waals surface area (Å²) in [6, 6.07) is -0.629. The lowest BCUT2D eigenvalue weighted by Crippen LogP contribution is -2.45. The molecule has 20 heavy (non-hydrogen) atoms. The highest BCUT2D eigenvalue weighted by Gasteiger charge is 2.45. The zero-order valence-electron chi connectivity index (χ0n) is 12.7. The summed E-state index contributed by atoms with van der Waals surface area (Å²) in [5.41, 5.74) is -0.624. The molecule has 0 aliphatic carbocycles. The molecule has 0 radical (unpaired) electrons. The molecule has 2 atom stereocenters. The summed E-state index contributed by atoms with van der Waals surface area (Å²) >= 11 is 0. The molecule has 0 spiro atoms. The van der Waals surface area contributed by atoms with Gasteiger partial charge in [0.1, 0.15) is 5.60 Å². The van der Waals surface area contributed by atoms with E-state index in [9.17, 15) is 14.5 Å². The van der Waals surface area contributed by atoms with Gasteiger partial charge in [-0.05, 0) is 33.6 Å². The molecule has 1 amide bonds. The second-order valence-electron chi connectivity index (χ2n) is 5.70. The van der Waals surface area contributed by atoms with Crippen LogP contribution in [0.15, 0.2) is 0 Å². The Kier molecular flexibility index (Phi) is 5.61. The molecular formula is C12H24NO6P. The van der Waals surface area contributed by atoms with Crippen LogP contribution in [0.4, 0.5) is 4.79 Å². The third-order valence-corrected chi connectivity index (χ3v) is 5.11. The first-order valence-electron chi connectivity index (χ1n) is 6.53. The number of rotatable bonds is 4. The van der Waals surface area contributed by atoms with Gasteiger partial charge in [0.05, 0.1) is 6.04 Å². The number of ether oxygens (including phenoxy) is 1. The predicted molar refractivity (Wildman–Crippen MR) is 73.6 cm³/mol. The maximum atomic E-state index is 12.2. The number of likely N-dealkylation sites (tertiary alicyclic amines) is 1. The number of carbonyl (C=O) groups is 1. The average Bonchev–Trinajstić information content (AvgIpc) is 2.84. The average molecular weight is 309 g/mol. The first-order valence-corrected chi connectivity index (χ1v) is 8.14. The van der Waals surface area contributed by atoms with Crippen LogP contribution in [-0.4, -0.2) is 54.4 Å². The van der Waals surface area contributed by atoms with Crippen LogP contribution >= 0.6 is 7.60 Å². The zero-order valence-corrected chi connectivity index (χ0v) is 13.6. The van der Waals surface area contributed by atoms with Gasteiger partial charge in [-0.3, -0.25) is 4.57 Å². The minimum atomic E-state index is -3.64. The molecule has 0 unspecified atom stereocenters. The molecule has 1 aliphatic rings. The normalized spacial score (nSPS) is 21.9. The fourth-order valence-corrected chi connectivity index (χ4v) is 3.46. The fourth-order valence-electron chi connectivity index (χ4n) is 2.15. The van der Waals surface area contributed by atoms with Gasteiger partial charge in [0.25, 0.3) is 0 Å². The van der Waals surface area contributed by atoms with Crippen molar-refractivity contribution in [2.45, 2.75) is 51.1 Å². The van der Waals surface area contributed by atoms with E-state index in [1.165, 1.54) is 19.1 Å². The summed E-state index contributed by atoms with van der Waals surface area (Å²) in [7, 11) is -1.23. The van der Waals surface area contributed by atoms with E-state index in [0.717, 1.165) is 0 Å². The third kappa shape index (κ3) is 3.95. The number of hydrogen-bond donors (Lipinski definition) is 1. The van der Waals surface area contributed by atoms with Crippen molar-refractivity contribution in [3.63, 3.8) is 0 Å². The Balaban J connectivity index is 2.84. The van der Waals surface area contributed by atoms with E-state index in [1.54, 1.807) is 20.8 Å². The molecule has 0 aromatic heterocycles. The van der Waals surface area contributed by atoms with E-state index in [0.29, 0.717) is 19.4 Å². The maximum absolute atomic E-state index is 12.2. The molecule has 1 rings (SSSR count).